The number of nitrogens with two attached hydrogens (primary N) is 1. The van der Waals surface area contributed by atoms with Crippen LogP contribution in [0.15, 0.2) is 18.2 Å². The van der Waals surface area contributed by atoms with Gasteiger partial charge in [0.2, 0.25) is 0 Å². The molecule has 0 heterocycles. The van der Waals surface area contributed by atoms with Gasteiger partial charge in [0.1, 0.15) is 5.75 Å². The van der Waals surface area contributed by atoms with E-state index in [9.17, 15) is 8.78 Å². The van der Waals surface area contributed by atoms with E-state index in [1.807, 2.05) is 6.92 Å². The summed E-state index contributed by atoms with van der Waals surface area (Å²) in [5.41, 5.74) is 6.50. The summed E-state index contributed by atoms with van der Waals surface area (Å²) < 4.78 is 28.0. The maximum atomic E-state index is 11.9. The van der Waals surface area contributed by atoms with Crippen molar-refractivity contribution in [3.8, 4) is 5.75 Å². The van der Waals surface area contributed by atoms with E-state index in [1.54, 1.807) is 12.1 Å². The molecule has 0 amide bonds. The van der Waals surface area contributed by atoms with Crippen LogP contribution in [0.25, 0.3) is 0 Å². The van der Waals surface area contributed by atoms with Crippen molar-refractivity contribution in [2.24, 2.45) is 5.73 Å². The van der Waals surface area contributed by atoms with Crippen LogP contribution in [0.3, 0.4) is 0 Å². The van der Waals surface area contributed by atoms with Crippen molar-refractivity contribution in [3.63, 3.8) is 0 Å². The predicted molar refractivity (Wildman–Crippen MR) is 55.4 cm³/mol. The van der Waals surface area contributed by atoms with E-state index in [0.717, 1.165) is 5.56 Å². The lowest BCUT2D eigenvalue weighted by Gasteiger charge is -2.09. The fourth-order valence-electron chi connectivity index (χ4n) is 1.23. The van der Waals surface area contributed by atoms with Gasteiger partial charge in [-0.05, 0) is 31.0 Å². The van der Waals surface area contributed by atoms with Crippen molar-refractivity contribution in [2.45, 2.75) is 26.0 Å². The second-order valence-corrected chi connectivity index (χ2v) is 3.73. The molecule has 15 heavy (non-hydrogen) atoms. The lowest BCUT2D eigenvalue weighted by Crippen LogP contribution is -2.17. The first-order valence-electron chi connectivity index (χ1n) is 4.48. The highest BCUT2D eigenvalue weighted by Crippen LogP contribution is 2.27. The van der Waals surface area contributed by atoms with Gasteiger partial charge in [0.15, 0.2) is 0 Å². The summed E-state index contributed by atoms with van der Waals surface area (Å²) in [6.07, 6.45) is 0.647. The second kappa shape index (κ2) is 5.28. The van der Waals surface area contributed by atoms with Gasteiger partial charge in [-0.1, -0.05) is 17.7 Å². The maximum Gasteiger partial charge on any atom is 0.387 e. The van der Waals surface area contributed by atoms with Crippen LogP contribution in [-0.4, -0.2) is 12.7 Å². The number of rotatable bonds is 4. The molecule has 0 unspecified atom stereocenters. The van der Waals surface area contributed by atoms with Crippen molar-refractivity contribution < 1.29 is 13.5 Å². The SMILES string of the molecule is C[C@@H](N)Cc1ccc(OC(F)F)c(Cl)c1. The molecule has 0 radical (unpaired) electrons. The molecule has 0 spiro atoms. The van der Waals surface area contributed by atoms with Crippen molar-refractivity contribution in [3.05, 3.63) is 28.8 Å². The minimum atomic E-state index is -2.86. The van der Waals surface area contributed by atoms with Crippen LogP contribution in [0, 0.1) is 0 Å². The lowest BCUT2D eigenvalue weighted by atomic mass is 10.1. The Labute approximate surface area is 92.0 Å². The van der Waals surface area contributed by atoms with E-state index in [-0.39, 0.29) is 16.8 Å². The number of hydrogen-bond acceptors (Lipinski definition) is 2. The molecule has 5 heteroatoms. The fourth-order valence-corrected chi connectivity index (χ4v) is 1.48. The second-order valence-electron chi connectivity index (χ2n) is 3.32. The molecule has 1 aromatic rings. The molecule has 1 rings (SSSR count). The Morgan fingerprint density at radius 2 is 2.13 bits per heavy atom. The first kappa shape index (κ1) is 12.2. The van der Waals surface area contributed by atoms with Crippen LogP contribution in [-0.2, 0) is 6.42 Å². The van der Waals surface area contributed by atoms with E-state index >= 15 is 0 Å². The average molecular weight is 236 g/mol. The third-order valence-corrected chi connectivity index (χ3v) is 2.07. The summed E-state index contributed by atoms with van der Waals surface area (Å²) >= 11 is 5.76. The zero-order valence-corrected chi connectivity index (χ0v) is 8.97. The normalized spacial score (nSPS) is 12.9. The summed E-state index contributed by atoms with van der Waals surface area (Å²) in [5, 5.41) is 0.174. The van der Waals surface area contributed by atoms with Crippen LogP contribution < -0.4 is 10.5 Å². The first-order chi connectivity index (χ1) is 6.99. The lowest BCUT2D eigenvalue weighted by molar-refractivity contribution is -0.0497. The highest BCUT2D eigenvalue weighted by molar-refractivity contribution is 6.32. The fraction of sp³-hybridized carbons (Fsp3) is 0.400. The molecule has 2 N–H and O–H groups in total. The Hall–Kier alpha value is -0.870. The minimum absolute atomic E-state index is 0.00272. The highest BCUT2D eigenvalue weighted by Gasteiger charge is 2.09. The molecule has 0 saturated heterocycles. The molecular weight excluding hydrogens is 224 g/mol. The van der Waals surface area contributed by atoms with Crippen LogP contribution in [0.1, 0.15) is 12.5 Å². The Kier molecular flexibility index (Phi) is 4.29. The predicted octanol–water partition coefficient (Wildman–Crippen LogP) is 2.83. The summed E-state index contributed by atoms with van der Waals surface area (Å²) in [6.45, 7) is -1.00. The number of alkyl halides is 2. The number of halogens is 3. The molecule has 0 aliphatic rings. The average Bonchev–Trinajstić information content (AvgIpc) is 2.08. The summed E-state index contributed by atoms with van der Waals surface area (Å²) in [7, 11) is 0. The van der Waals surface area contributed by atoms with Gasteiger partial charge in [0.05, 0.1) is 5.02 Å². The largest absolute Gasteiger partial charge is 0.433 e. The van der Waals surface area contributed by atoms with Gasteiger partial charge in [0.25, 0.3) is 0 Å². The van der Waals surface area contributed by atoms with Crippen molar-refractivity contribution >= 4 is 11.6 Å². The molecule has 1 atom stereocenters. The Morgan fingerprint density at radius 3 is 2.60 bits per heavy atom. The van der Waals surface area contributed by atoms with Crippen LogP contribution in [0.5, 0.6) is 5.75 Å². The summed E-state index contributed by atoms with van der Waals surface area (Å²) in [4.78, 5) is 0. The molecule has 0 saturated carbocycles. The molecule has 84 valence electrons. The van der Waals surface area contributed by atoms with Crippen LogP contribution in [0.4, 0.5) is 8.78 Å². The van der Waals surface area contributed by atoms with Gasteiger partial charge in [-0.15, -0.1) is 0 Å². The smallest absolute Gasteiger partial charge is 0.387 e. The molecule has 0 fully saturated rings. The first-order valence-corrected chi connectivity index (χ1v) is 4.85. The van der Waals surface area contributed by atoms with Crippen molar-refractivity contribution in [2.75, 3.05) is 0 Å². The molecule has 0 aromatic heterocycles. The number of benzene rings is 1. The van der Waals surface area contributed by atoms with Gasteiger partial charge < -0.3 is 10.5 Å². The van der Waals surface area contributed by atoms with E-state index in [0.29, 0.717) is 6.42 Å². The third-order valence-electron chi connectivity index (χ3n) is 1.77. The molecule has 0 bridgehead atoms. The van der Waals surface area contributed by atoms with Gasteiger partial charge in [-0.25, -0.2) is 0 Å². The zero-order chi connectivity index (χ0) is 11.4. The van der Waals surface area contributed by atoms with Crippen LogP contribution >= 0.6 is 11.6 Å². The summed E-state index contributed by atoms with van der Waals surface area (Å²) in [6, 6.07) is 4.69. The van der Waals surface area contributed by atoms with Crippen LogP contribution in [0.2, 0.25) is 5.02 Å². The van der Waals surface area contributed by atoms with Crippen molar-refractivity contribution in [1.82, 2.24) is 0 Å². The Balaban J connectivity index is 2.78. The van der Waals surface area contributed by atoms with E-state index in [1.165, 1.54) is 6.07 Å². The molecule has 0 aliphatic carbocycles. The number of ether oxygens (including phenoxy) is 1. The monoisotopic (exact) mass is 235 g/mol. The van der Waals surface area contributed by atoms with Gasteiger partial charge in [-0.2, -0.15) is 8.78 Å². The third kappa shape index (κ3) is 4.01. The van der Waals surface area contributed by atoms with E-state index in [4.69, 9.17) is 17.3 Å². The minimum Gasteiger partial charge on any atom is -0.433 e. The quantitative estimate of drug-likeness (QED) is 0.871. The highest BCUT2D eigenvalue weighted by atomic mass is 35.5. The van der Waals surface area contributed by atoms with Gasteiger partial charge >= 0.3 is 6.61 Å². The zero-order valence-electron chi connectivity index (χ0n) is 8.21. The Bertz CT molecular complexity index is 331. The molecular formula is C10H12ClF2NO. The molecule has 2 nitrogen and oxygen atoms in total. The van der Waals surface area contributed by atoms with Gasteiger partial charge in [-0.3, -0.25) is 0 Å². The van der Waals surface area contributed by atoms with E-state index in [2.05, 4.69) is 4.74 Å². The Morgan fingerprint density at radius 1 is 1.47 bits per heavy atom. The molecule has 0 aliphatic heterocycles. The van der Waals surface area contributed by atoms with Gasteiger partial charge in [0, 0.05) is 6.04 Å². The van der Waals surface area contributed by atoms with Crippen molar-refractivity contribution in [1.29, 1.82) is 0 Å². The maximum absolute atomic E-state index is 11.9. The topological polar surface area (TPSA) is 35.2 Å². The summed E-state index contributed by atoms with van der Waals surface area (Å²) in [5.74, 6) is -0.0138. The molecule has 1 aromatic carbocycles. The van der Waals surface area contributed by atoms with E-state index < -0.39 is 6.61 Å². The standard InChI is InChI=1S/C10H12ClF2NO/c1-6(14)4-7-2-3-9(8(11)5-7)15-10(12)13/h2-3,5-6,10H,4,14H2,1H3/t6-/m1/s1. The number of hydrogen-bond donors (Lipinski definition) is 1.